The number of carboxylic acids is 1. The van der Waals surface area contributed by atoms with Gasteiger partial charge in [0.05, 0.1) is 5.56 Å². The first-order valence-corrected chi connectivity index (χ1v) is 6.83. The Balaban J connectivity index is 2.14. The number of carboxylic acid groups (broad SMARTS) is 1. The van der Waals surface area contributed by atoms with E-state index < -0.39 is 5.97 Å². The summed E-state index contributed by atoms with van der Waals surface area (Å²) in [7, 11) is 0. The van der Waals surface area contributed by atoms with Gasteiger partial charge in [-0.1, -0.05) is 13.0 Å². The van der Waals surface area contributed by atoms with Gasteiger partial charge in [-0.15, -0.1) is 0 Å². The molecule has 0 aromatic heterocycles. The van der Waals surface area contributed by atoms with Crippen LogP contribution in [0.1, 0.15) is 29.3 Å². The van der Waals surface area contributed by atoms with Crippen molar-refractivity contribution in [3.63, 3.8) is 0 Å². The first kappa shape index (κ1) is 12.3. The molecule has 2 atom stereocenters. The normalized spacial score (nSPS) is 23.6. The Kier molecular flexibility index (Phi) is 3.62. The molecule has 2 rings (SSSR count). The van der Waals surface area contributed by atoms with Crippen molar-refractivity contribution in [3.8, 4) is 0 Å². The fourth-order valence-corrected chi connectivity index (χ4v) is 3.20. The molecule has 1 saturated heterocycles. The van der Waals surface area contributed by atoms with Crippen LogP contribution in [0, 0.1) is 6.92 Å². The van der Waals surface area contributed by atoms with Gasteiger partial charge in [-0.2, -0.15) is 11.8 Å². The molecule has 1 aromatic rings. The molecule has 1 heterocycles. The molecule has 2 unspecified atom stereocenters. The van der Waals surface area contributed by atoms with E-state index in [9.17, 15) is 4.79 Å². The molecule has 0 aliphatic carbocycles. The third-order valence-electron chi connectivity index (χ3n) is 3.04. The Morgan fingerprint density at radius 3 is 2.88 bits per heavy atom. The molecule has 0 amide bonds. The summed E-state index contributed by atoms with van der Waals surface area (Å²) in [6.45, 7) is 4.23. The summed E-state index contributed by atoms with van der Waals surface area (Å²) in [4.78, 5) is 10.9. The van der Waals surface area contributed by atoms with Crippen molar-refractivity contribution in [1.29, 1.82) is 0 Å². The molecule has 1 aromatic carbocycles. The van der Waals surface area contributed by atoms with E-state index in [-0.39, 0.29) is 0 Å². The van der Waals surface area contributed by atoms with Crippen molar-refractivity contribution in [2.75, 3.05) is 11.1 Å². The Hall–Kier alpha value is -1.16. The van der Waals surface area contributed by atoms with Gasteiger partial charge >= 0.3 is 5.97 Å². The molecule has 2 N–H and O–H groups in total. The summed E-state index contributed by atoms with van der Waals surface area (Å²) < 4.78 is 0. The average molecular weight is 251 g/mol. The number of anilines is 1. The number of aromatic carboxylic acids is 1. The average Bonchev–Trinajstić information content (AvgIpc) is 2.67. The van der Waals surface area contributed by atoms with Gasteiger partial charge < -0.3 is 10.4 Å². The minimum Gasteiger partial charge on any atom is -0.478 e. The number of hydrogen-bond donors (Lipinski definition) is 2. The van der Waals surface area contributed by atoms with E-state index in [1.165, 1.54) is 0 Å². The van der Waals surface area contributed by atoms with Crippen molar-refractivity contribution in [2.24, 2.45) is 0 Å². The second kappa shape index (κ2) is 5.00. The number of carbonyl (C=O) groups is 1. The second-order valence-electron chi connectivity index (χ2n) is 4.56. The molecule has 0 bridgehead atoms. The van der Waals surface area contributed by atoms with Crippen LogP contribution in [0.15, 0.2) is 18.2 Å². The van der Waals surface area contributed by atoms with Gasteiger partial charge in [0.15, 0.2) is 0 Å². The van der Waals surface area contributed by atoms with Crippen molar-refractivity contribution < 1.29 is 9.90 Å². The van der Waals surface area contributed by atoms with E-state index in [0.717, 1.165) is 23.4 Å². The summed E-state index contributed by atoms with van der Waals surface area (Å²) in [6, 6.07) is 5.69. The topological polar surface area (TPSA) is 49.3 Å². The lowest BCUT2D eigenvalue weighted by atomic mass is 10.1. The molecular formula is C13H17NO2S. The van der Waals surface area contributed by atoms with Crippen LogP contribution in [-0.2, 0) is 0 Å². The fourth-order valence-electron chi connectivity index (χ4n) is 2.05. The van der Waals surface area contributed by atoms with Gasteiger partial charge in [0.2, 0.25) is 0 Å². The fraction of sp³-hybridized carbons (Fsp3) is 0.462. The number of nitrogens with one attached hydrogen (secondary N) is 1. The van der Waals surface area contributed by atoms with Crippen molar-refractivity contribution in [3.05, 3.63) is 29.3 Å². The highest BCUT2D eigenvalue weighted by Crippen LogP contribution is 2.29. The number of rotatable bonds is 3. The highest BCUT2D eigenvalue weighted by Gasteiger charge is 2.22. The smallest absolute Gasteiger partial charge is 0.335 e. The van der Waals surface area contributed by atoms with Crippen LogP contribution in [-0.4, -0.2) is 28.1 Å². The minimum absolute atomic E-state index is 0.344. The molecule has 3 nitrogen and oxygen atoms in total. The maximum absolute atomic E-state index is 10.9. The van der Waals surface area contributed by atoms with Crippen LogP contribution in [0.4, 0.5) is 5.69 Å². The van der Waals surface area contributed by atoms with Crippen LogP contribution in [0.2, 0.25) is 0 Å². The maximum atomic E-state index is 10.9. The SMILES string of the molecule is Cc1ccc(C(=O)O)cc1NC1CSC(C)C1. The summed E-state index contributed by atoms with van der Waals surface area (Å²) >= 11 is 1.96. The molecule has 92 valence electrons. The Morgan fingerprint density at radius 2 is 2.29 bits per heavy atom. The van der Waals surface area contributed by atoms with Crippen molar-refractivity contribution in [2.45, 2.75) is 31.6 Å². The zero-order chi connectivity index (χ0) is 12.4. The van der Waals surface area contributed by atoms with Crippen molar-refractivity contribution in [1.82, 2.24) is 0 Å². The number of hydrogen-bond acceptors (Lipinski definition) is 3. The van der Waals surface area contributed by atoms with E-state index in [0.29, 0.717) is 16.9 Å². The molecular weight excluding hydrogens is 234 g/mol. The van der Waals surface area contributed by atoms with Crippen LogP contribution >= 0.6 is 11.8 Å². The molecule has 0 spiro atoms. The number of thioether (sulfide) groups is 1. The van der Waals surface area contributed by atoms with Gasteiger partial charge in [-0.3, -0.25) is 0 Å². The van der Waals surface area contributed by atoms with Gasteiger partial charge in [0, 0.05) is 22.7 Å². The predicted molar refractivity (Wildman–Crippen MR) is 72.1 cm³/mol. The van der Waals surface area contributed by atoms with Gasteiger partial charge in [-0.05, 0) is 31.0 Å². The molecule has 1 fully saturated rings. The standard InChI is InChI=1S/C13H17NO2S/c1-8-3-4-10(13(15)16)6-12(8)14-11-5-9(2)17-7-11/h3-4,6,9,11,14H,5,7H2,1-2H3,(H,15,16). The quantitative estimate of drug-likeness (QED) is 0.867. The minimum atomic E-state index is -0.873. The van der Waals surface area contributed by atoms with Gasteiger partial charge in [0.1, 0.15) is 0 Å². The lowest BCUT2D eigenvalue weighted by molar-refractivity contribution is 0.0697. The van der Waals surface area contributed by atoms with E-state index in [1.807, 2.05) is 24.8 Å². The zero-order valence-corrected chi connectivity index (χ0v) is 10.9. The zero-order valence-electron chi connectivity index (χ0n) is 10.1. The summed E-state index contributed by atoms with van der Waals surface area (Å²) in [5.74, 6) is 0.222. The molecule has 1 aliphatic rings. The third-order valence-corrected chi connectivity index (χ3v) is 4.40. The van der Waals surface area contributed by atoms with E-state index >= 15 is 0 Å². The highest BCUT2D eigenvalue weighted by molar-refractivity contribution is 8.00. The van der Waals surface area contributed by atoms with E-state index in [2.05, 4.69) is 12.2 Å². The highest BCUT2D eigenvalue weighted by atomic mass is 32.2. The Labute approximate surface area is 106 Å². The molecule has 17 heavy (non-hydrogen) atoms. The first-order chi connectivity index (χ1) is 8.06. The maximum Gasteiger partial charge on any atom is 0.335 e. The number of benzene rings is 1. The molecule has 4 heteroatoms. The Morgan fingerprint density at radius 1 is 1.53 bits per heavy atom. The monoisotopic (exact) mass is 251 g/mol. The van der Waals surface area contributed by atoms with Crippen molar-refractivity contribution >= 4 is 23.4 Å². The second-order valence-corrected chi connectivity index (χ2v) is 6.03. The van der Waals surface area contributed by atoms with Gasteiger partial charge in [0.25, 0.3) is 0 Å². The summed E-state index contributed by atoms with van der Waals surface area (Å²) in [5, 5.41) is 13.1. The lowest BCUT2D eigenvalue weighted by Crippen LogP contribution is -2.19. The third kappa shape index (κ3) is 2.94. The van der Waals surface area contributed by atoms with Gasteiger partial charge in [-0.25, -0.2) is 4.79 Å². The van der Waals surface area contributed by atoms with Crippen LogP contribution in [0.5, 0.6) is 0 Å². The van der Waals surface area contributed by atoms with E-state index in [1.54, 1.807) is 12.1 Å². The Bertz CT molecular complexity index is 433. The summed E-state index contributed by atoms with van der Waals surface area (Å²) in [6.07, 6.45) is 1.14. The molecule has 0 saturated carbocycles. The lowest BCUT2D eigenvalue weighted by Gasteiger charge is -2.16. The van der Waals surface area contributed by atoms with E-state index in [4.69, 9.17) is 5.11 Å². The largest absolute Gasteiger partial charge is 0.478 e. The van der Waals surface area contributed by atoms with Crippen LogP contribution in [0.3, 0.4) is 0 Å². The summed E-state index contributed by atoms with van der Waals surface area (Å²) in [5.41, 5.74) is 2.39. The van der Waals surface area contributed by atoms with Crippen LogP contribution in [0.25, 0.3) is 0 Å². The molecule has 0 radical (unpaired) electrons. The first-order valence-electron chi connectivity index (χ1n) is 5.78. The van der Waals surface area contributed by atoms with Crippen LogP contribution < -0.4 is 5.32 Å². The molecule has 1 aliphatic heterocycles. The number of aryl methyl sites for hydroxylation is 1. The predicted octanol–water partition coefficient (Wildman–Crippen LogP) is 3.00.